The highest BCUT2D eigenvalue weighted by Gasteiger charge is 2.31. The fourth-order valence-corrected chi connectivity index (χ4v) is 3.76. The van der Waals surface area contributed by atoms with Crippen molar-refractivity contribution >= 4 is 29.3 Å². The minimum Gasteiger partial charge on any atom is -0.492 e. The Balaban J connectivity index is 1.83. The van der Waals surface area contributed by atoms with Crippen molar-refractivity contribution in [2.24, 2.45) is 4.99 Å². The van der Waals surface area contributed by atoms with E-state index >= 15 is 0 Å². The van der Waals surface area contributed by atoms with Gasteiger partial charge in [0.25, 0.3) is 0 Å². The number of halogens is 1. The van der Waals surface area contributed by atoms with Crippen LogP contribution in [0.4, 0.5) is 0 Å². The lowest BCUT2D eigenvalue weighted by Crippen LogP contribution is -2.42. The third kappa shape index (κ3) is 6.07. The summed E-state index contributed by atoms with van der Waals surface area (Å²) in [5.41, 5.74) is -0.661. The van der Waals surface area contributed by atoms with Gasteiger partial charge in [-0.05, 0) is 43.4 Å². The molecule has 0 saturated carbocycles. The van der Waals surface area contributed by atoms with Crippen LogP contribution < -0.4 is 10.1 Å². The SMILES string of the molecule is CCNC(=NCC1(O)CCSC1)N(C)CCOc1ccc(Cl)cc1. The quantitative estimate of drug-likeness (QED) is 0.569. The minimum atomic E-state index is -0.661. The van der Waals surface area contributed by atoms with Crippen LogP contribution in [0.5, 0.6) is 5.75 Å². The zero-order valence-corrected chi connectivity index (χ0v) is 15.9. The van der Waals surface area contributed by atoms with E-state index < -0.39 is 5.60 Å². The number of benzene rings is 1. The molecule has 1 heterocycles. The van der Waals surface area contributed by atoms with Gasteiger partial charge in [-0.2, -0.15) is 11.8 Å². The maximum Gasteiger partial charge on any atom is 0.193 e. The minimum absolute atomic E-state index is 0.435. The lowest BCUT2D eigenvalue weighted by Gasteiger charge is -2.24. The summed E-state index contributed by atoms with van der Waals surface area (Å²) in [5.74, 6) is 3.36. The molecule has 0 spiro atoms. The molecule has 0 radical (unpaired) electrons. The second-order valence-corrected chi connectivity index (χ2v) is 7.46. The van der Waals surface area contributed by atoms with Crippen molar-refractivity contribution in [2.45, 2.75) is 18.9 Å². The van der Waals surface area contributed by atoms with E-state index in [4.69, 9.17) is 16.3 Å². The molecule has 1 saturated heterocycles. The van der Waals surface area contributed by atoms with Crippen molar-refractivity contribution in [1.29, 1.82) is 0 Å². The van der Waals surface area contributed by atoms with Gasteiger partial charge in [-0.1, -0.05) is 11.6 Å². The summed E-state index contributed by atoms with van der Waals surface area (Å²) in [6.45, 7) is 4.50. The van der Waals surface area contributed by atoms with Gasteiger partial charge in [0, 0.05) is 24.4 Å². The van der Waals surface area contributed by atoms with Crippen LogP contribution in [0.15, 0.2) is 29.3 Å². The van der Waals surface area contributed by atoms with Crippen molar-refractivity contribution in [3.8, 4) is 5.75 Å². The smallest absolute Gasteiger partial charge is 0.193 e. The molecule has 1 atom stereocenters. The van der Waals surface area contributed by atoms with Crippen LogP contribution in [0, 0.1) is 0 Å². The average Bonchev–Trinajstić information content (AvgIpc) is 3.00. The van der Waals surface area contributed by atoms with Crippen molar-refractivity contribution in [3.05, 3.63) is 29.3 Å². The second-order valence-electron chi connectivity index (χ2n) is 5.92. The predicted octanol–water partition coefficient (Wildman–Crippen LogP) is 2.48. The third-order valence-electron chi connectivity index (χ3n) is 3.81. The molecule has 2 N–H and O–H groups in total. The number of rotatable bonds is 7. The van der Waals surface area contributed by atoms with Crippen molar-refractivity contribution in [1.82, 2.24) is 10.2 Å². The Hall–Kier alpha value is -1.11. The topological polar surface area (TPSA) is 57.1 Å². The van der Waals surface area contributed by atoms with Gasteiger partial charge in [0.1, 0.15) is 12.4 Å². The molecule has 0 aromatic heterocycles. The number of nitrogens with zero attached hydrogens (tertiary/aromatic N) is 2. The van der Waals surface area contributed by atoms with Gasteiger partial charge in [-0.25, -0.2) is 0 Å². The zero-order chi connectivity index (χ0) is 17.4. The van der Waals surface area contributed by atoms with E-state index in [0.717, 1.165) is 36.2 Å². The Morgan fingerprint density at radius 2 is 2.21 bits per heavy atom. The largest absolute Gasteiger partial charge is 0.492 e. The molecular formula is C17H26ClN3O2S. The van der Waals surface area contributed by atoms with Gasteiger partial charge < -0.3 is 20.1 Å². The summed E-state index contributed by atoms with van der Waals surface area (Å²) in [6.07, 6.45) is 0.809. The van der Waals surface area contributed by atoms with E-state index in [1.54, 1.807) is 11.8 Å². The molecule has 134 valence electrons. The first-order valence-electron chi connectivity index (χ1n) is 8.20. The number of hydrogen-bond acceptors (Lipinski definition) is 4. The van der Waals surface area contributed by atoms with Gasteiger partial charge in [0.15, 0.2) is 5.96 Å². The first-order valence-corrected chi connectivity index (χ1v) is 9.73. The Morgan fingerprint density at radius 1 is 1.46 bits per heavy atom. The molecule has 1 fully saturated rings. The zero-order valence-electron chi connectivity index (χ0n) is 14.3. The molecule has 0 amide bonds. The van der Waals surface area contributed by atoms with Crippen LogP contribution in [0.25, 0.3) is 0 Å². The number of aliphatic imine (C=N–C) groups is 1. The number of guanidine groups is 1. The van der Waals surface area contributed by atoms with Crippen molar-refractivity contribution in [3.63, 3.8) is 0 Å². The molecule has 7 heteroatoms. The van der Waals surface area contributed by atoms with Crippen LogP contribution in [0.1, 0.15) is 13.3 Å². The molecular weight excluding hydrogens is 346 g/mol. The molecule has 24 heavy (non-hydrogen) atoms. The van der Waals surface area contributed by atoms with E-state index in [0.29, 0.717) is 24.7 Å². The van der Waals surface area contributed by atoms with E-state index in [1.165, 1.54) is 0 Å². The highest BCUT2D eigenvalue weighted by molar-refractivity contribution is 7.99. The Bertz CT molecular complexity index is 533. The fraction of sp³-hybridized carbons (Fsp3) is 0.588. The predicted molar refractivity (Wildman–Crippen MR) is 102 cm³/mol. The monoisotopic (exact) mass is 371 g/mol. The lowest BCUT2D eigenvalue weighted by molar-refractivity contribution is 0.0776. The van der Waals surface area contributed by atoms with E-state index in [2.05, 4.69) is 10.3 Å². The molecule has 0 aliphatic carbocycles. The van der Waals surface area contributed by atoms with Gasteiger partial charge in [-0.3, -0.25) is 4.99 Å². The molecule has 1 unspecified atom stereocenters. The Kier molecular flexibility index (Phi) is 7.52. The summed E-state index contributed by atoms with van der Waals surface area (Å²) in [4.78, 5) is 6.62. The molecule has 1 aromatic carbocycles. The maximum atomic E-state index is 10.4. The first-order chi connectivity index (χ1) is 11.5. The second kappa shape index (κ2) is 9.39. The van der Waals surface area contributed by atoms with Gasteiger partial charge in [-0.15, -0.1) is 0 Å². The molecule has 5 nitrogen and oxygen atoms in total. The highest BCUT2D eigenvalue weighted by Crippen LogP contribution is 2.27. The average molecular weight is 372 g/mol. The summed E-state index contributed by atoms with van der Waals surface area (Å²) in [6, 6.07) is 7.34. The molecule has 1 aliphatic heterocycles. The summed E-state index contributed by atoms with van der Waals surface area (Å²) >= 11 is 7.65. The number of nitrogens with one attached hydrogen (secondary N) is 1. The van der Waals surface area contributed by atoms with Crippen LogP contribution >= 0.6 is 23.4 Å². The van der Waals surface area contributed by atoms with Crippen LogP contribution in [-0.2, 0) is 0 Å². The summed E-state index contributed by atoms with van der Waals surface area (Å²) in [5, 5.41) is 14.4. The summed E-state index contributed by atoms with van der Waals surface area (Å²) in [7, 11) is 1.97. The van der Waals surface area contributed by atoms with E-state index in [9.17, 15) is 5.11 Å². The first kappa shape index (κ1) is 19.2. The van der Waals surface area contributed by atoms with Gasteiger partial charge >= 0.3 is 0 Å². The van der Waals surface area contributed by atoms with Crippen LogP contribution in [0.2, 0.25) is 5.02 Å². The fourth-order valence-electron chi connectivity index (χ4n) is 2.35. The van der Waals surface area contributed by atoms with E-state index in [1.807, 2.05) is 43.1 Å². The summed E-state index contributed by atoms with van der Waals surface area (Å²) < 4.78 is 5.72. The number of likely N-dealkylation sites (N-methyl/N-ethyl adjacent to an activating group) is 1. The molecule has 2 rings (SSSR count). The molecule has 1 aliphatic rings. The van der Waals surface area contributed by atoms with Crippen molar-refractivity contribution < 1.29 is 9.84 Å². The lowest BCUT2D eigenvalue weighted by atomic mass is 10.1. The Morgan fingerprint density at radius 3 is 2.83 bits per heavy atom. The van der Waals surface area contributed by atoms with Crippen LogP contribution in [0.3, 0.4) is 0 Å². The van der Waals surface area contributed by atoms with Gasteiger partial charge in [0.2, 0.25) is 0 Å². The maximum absolute atomic E-state index is 10.4. The normalized spacial score (nSPS) is 20.9. The van der Waals surface area contributed by atoms with Gasteiger partial charge in [0.05, 0.1) is 18.7 Å². The number of aliphatic hydroxyl groups is 1. The Labute approximate surface area is 153 Å². The standard InChI is InChI=1S/C17H26ClN3O2S/c1-3-19-16(20-12-17(22)8-11-24-13-17)21(2)9-10-23-15-6-4-14(18)5-7-15/h4-7,22H,3,8-13H2,1-2H3,(H,19,20). The van der Waals surface area contributed by atoms with Crippen LogP contribution in [-0.4, -0.2) is 66.4 Å². The number of hydrogen-bond donors (Lipinski definition) is 2. The molecule has 1 aromatic rings. The number of thioether (sulfide) groups is 1. The van der Waals surface area contributed by atoms with Crippen molar-refractivity contribution in [2.75, 3.05) is 44.8 Å². The third-order valence-corrected chi connectivity index (χ3v) is 5.30. The highest BCUT2D eigenvalue weighted by atomic mass is 35.5. The van der Waals surface area contributed by atoms with E-state index in [-0.39, 0.29) is 0 Å². The molecule has 0 bridgehead atoms. The number of ether oxygens (including phenoxy) is 1.